The minimum absolute atomic E-state index is 0.152. The molecule has 35 heavy (non-hydrogen) atoms. The molecule has 0 aliphatic rings. The molecular formula is C27H33N3O5. The summed E-state index contributed by atoms with van der Waals surface area (Å²) in [7, 11) is 5.13. The number of nitrogens with zero attached hydrogens (tertiary/aromatic N) is 3. The average molecular weight is 480 g/mol. The molecule has 3 rings (SSSR count). The van der Waals surface area contributed by atoms with Crippen molar-refractivity contribution in [3.8, 4) is 41.0 Å². The number of hydrogen-bond acceptors (Lipinski definition) is 7. The van der Waals surface area contributed by atoms with Gasteiger partial charge in [0, 0.05) is 45.4 Å². The van der Waals surface area contributed by atoms with Gasteiger partial charge in [0.05, 0.1) is 32.0 Å². The normalized spacial score (nSPS) is 11.9. The van der Waals surface area contributed by atoms with E-state index in [1.165, 1.54) is 0 Å². The molecule has 0 amide bonds. The van der Waals surface area contributed by atoms with Crippen molar-refractivity contribution in [1.82, 2.24) is 14.7 Å². The van der Waals surface area contributed by atoms with Gasteiger partial charge in [-0.3, -0.25) is 4.90 Å². The molecule has 8 nitrogen and oxygen atoms in total. The highest BCUT2D eigenvalue weighted by molar-refractivity contribution is 5.65. The van der Waals surface area contributed by atoms with E-state index in [-0.39, 0.29) is 13.2 Å². The number of aliphatic hydroxyl groups excluding tert-OH is 1. The first-order valence-electron chi connectivity index (χ1n) is 11.4. The summed E-state index contributed by atoms with van der Waals surface area (Å²) in [6, 6.07) is 17.4. The minimum Gasteiger partial charge on any atom is -0.497 e. The number of terminal acetylenes is 1. The van der Waals surface area contributed by atoms with Crippen LogP contribution in [0.4, 0.5) is 0 Å². The molecule has 0 aliphatic carbocycles. The summed E-state index contributed by atoms with van der Waals surface area (Å²) in [5, 5.41) is 15.3. The van der Waals surface area contributed by atoms with Crippen molar-refractivity contribution in [3.05, 3.63) is 60.2 Å². The molecule has 0 saturated carbocycles. The molecule has 3 aromatic rings. The minimum atomic E-state index is -0.709. The second kappa shape index (κ2) is 13.5. The van der Waals surface area contributed by atoms with Crippen LogP contribution in [0.25, 0.3) is 11.3 Å². The van der Waals surface area contributed by atoms with E-state index in [0.717, 1.165) is 16.8 Å². The summed E-state index contributed by atoms with van der Waals surface area (Å²) in [5.74, 6) is 4.36. The third-order valence-corrected chi connectivity index (χ3v) is 5.35. The van der Waals surface area contributed by atoms with Gasteiger partial charge >= 0.3 is 0 Å². The lowest BCUT2D eigenvalue weighted by atomic mass is 10.1. The number of hydrogen-bond donors (Lipinski definition) is 1. The van der Waals surface area contributed by atoms with Crippen LogP contribution in [0.2, 0.25) is 0 Å². The van der Waals surface area contributed by atoms with E-state index in [1.54, 1.807) is 18.9 Å². The molecule has 1 atom stereocenters. The Bertz CT molecular complexity index is 1090. The van der Waals surface area contributed by atoms with E-state index in [0.29, 0.717) is 43.6 Å². The summed E-state index contributed by atoms with van der Waals surface area (Å²) < 4.78 is 24.0. The van der Waals surface area contributed by atoms with Crippen molar-refractivity contribution in [1.29, 1.82) is 0 Å². The third-order valence-electron chi connectivity index (χ3n) is 5.35. The van der Waals surface area contributed by atoms with Crippen LogP contribution in [0, 0.1) is 12.3 Å². The molecule has 0 saturated heterocycles. The first-order chi connectivity index (χ1) is 17.0. The standard InChI is InChI=1S/C27H33N3O5/c1-5-15-34-20-22(31)18-30(14-16-32-3)19-25-26(21-10-7-6-8-11-21)28-29(2)27(25)35-24-13-9-12-23(17-24)33-4/h1,6-13,17,22,31H,14-16,18-20H2,2-4H3/t22-/m0/s1. The Morgan fingerprint density at radius 3 is 2.60 bits per heavy atom. The van der Waals surface area contributed by atoms with Gasteiger partial charge in [0.15, 0.2) is 0 Å². The maximum atomic E-state index is 10.5. The molecule has 186 valence electrons. The smallest absolute Gasteiger partial charge is 0.222 e. The van der Waals surface area contributed by atoms with Gasteiger partial charge in [0.2, 0.25) is 5.88 Å². The number of aliphatic hydroxyl groups is 1. The first kappa shape index (κ1) is 26.3. The zero-order chi connectivity index (χ0) is 25.0. The highest BCUT2D eigenvalue weighted by Crippen LogP contribution is 2.35. The SMILES string of the molecule is C#CCOC[C@@H](O)CN(CCOC)Cc1c(-c2ccccc2)nn(C)c1Oc1cccc(OC)c1. The fourth-order valence-electron chi connectivity index (χ4n) is 3.71. The van der Waals surface area contributed by atoms with Crippen molar-refractivity contribution in [3.63, 3.8) is 0 Å². The molecule has 0 bridgehead atoms. The monoisotopic (exact) mass is 479 g/mol. The van der Waals surface area contributed by atoms with Gasteiger partial charge in [-0.15, -0.1) is 6.42 Å². The Morgan fingerprint density at radius 2 is 1.89 bits per heavy atom. The van der Waals surface area contributed by atoms with E-state index in [4.69, 9.17) is 30.5 Å². The molecule has 1 aromatic heterocycles. The van der Waals surface area contributed by atoms with E-state index in [2.05, 4.69) is 10.8 Å². The van der Waals surface area contributed by atoms with Crippen LogP contribution in [0.1, 0.15) is 5.56 Å². The molecule has 2 aromatic carbocycles. The second-order valence-corrected chi connectivity index (χ2v) is 8.00. The van der Waals surface area contributed by atoms with Gasteiger partial charge in [-0.25, -0.2) is 4.68 Å². The van der Waals surface area contributed by atoms with Gasteiger partial charge in [-0.05, 0) is 12.1 Å². The highest BCUT2D eigenvalue weighted by Gasteiger charge is 2.23. The van der Waals surface area contributed by atoms with E-state index in [1.807, 2.05) is 61.6 Å². The zero-order valence-corrected chi connectivity index (χ0v) is 20.5. The van der Waals surface area contributed by atoms with Crippen molar-refractivity contribution in [2.45, 2.75) is 12.6 Å². The zero-order valence-electron chi connectivity index (χ0n) is 20.5. The number of benzene rings is 2. The molecular weight excluding hydrogens is 446 g/mol. The van der Waals surface area contributed by atoms with Crippen molar-refractivity contribution < 1.29 is 24.1 Å². The van der Waals surface area contributed by atoms with Gasteiger partial charge in [-0.1, -0.05) is 42.3 Å². The lowest BCUT2D eigenvalue weighted by Gasteiger charge is -2.25. The van der Waals surface area contributed by atoms with Gasteiger partial charge < -0.3 is 24.1 Å². The van der Waals surface area contributed by atoms with Crippen LogP contribution in [-0.4, -0.2) is 73.0 Å². The van der Waals surface area contributed by atoms with Gasteiger partial charge in [0.25, 0.3) is 0 Å². The Kier molecular flexibility index (Phi) is 10.1. The van der Waals surface area contributed by atoms with Crippen LogP contribution >= 0.6 is 0 Å². The molecule has 0 unspecified atom stereocenters. The Hall–Kier alpha value is -3.35. The van der Waals surface area contributed by atoms with Gasteiger partial charge in [0.1, 0.15) is 23.8 Å². The number of aryl methyl sites for hydroxylation is 1. The van der Waals surface area contributed by atoms with E-state index in [9.17, 15) is 5.11 Å². The number of rotatable bonds is 14. The van der Waals surface area contributed by atoms with Crippen LogP contribution in [0.15, 0.2) is 54.6 Å². The summed E-state index contributed by atoms with van der Waals surface area (Å²) in [4.78, 5) is 2.09. The first-order valence-corrected chi connectivity index (χ1v) is 11.4. The van der Waals surface area contributed by atoms with Crippen molar-refractivity contribution in [2.75, 3.05) is 47.1 Å². The second-order valence-electron chi connectivity index (χ2n) is 8.00. The van der Waals surface area contributed by atoms with Crippen LogP contribution < -0.4 is 9.47 Å². The number of methoxy groups -OCH3 is 2. The summed E-state index contributed by atoms with van der Waals surface area (Å²) in [6.45, 7) is 2.27. The topological polar surface area (TPSA) is 78.2 Å². The molecule has 0 spiro atoms. The Balaban J connectivity index is 1.94. The lowest BCUT2D eigenvalue weighted by Crippen LogP contribution is -2.36. The maximum absolute atomic E-state index is 10.5. The van der Waals surface area contributed by atoms with Crippen LogP contribution in [0.5, 0.6) is 17.4 Å². The lowest BCUT2D eigenvalue weighted by molar-refractivity contribution is 0.0206. The van der Waals surface area contributed by atoms with Crippen molar-refractivity contribution in [2.24, 2.45) is 7.05 Å². The van der Waals surface area contributed by atoms with Crippen LogP contribution in [-0.2, 0) is 23.1 Å². The molecule has 1 N–H and O–H groups in total. The largest absolute Gasteiger partial charge is 0.497 e. The molecule has 1 heterocycles. The highest BCUT2D eigenvalue weighted by atomic mass is 16.5. The predicted octanol–water partition coefficient (Wildman–Crippen LogP) is 3.35. The maximum Gasteiger partial charge on any atom is 0.222 e. The third kappa shape index (κ3) is 7.57. The summed E-state index contributed by atoms with van der Waals surface area (Å²) in [5.41, 5.74) is 2.68. The molecule has 8 heteroatoms. The van der Waals surface area contributed by atoms with Gasteiger partial charge in [-0.2, -0.15) is 5.10 Å². The Morgan fingerprint density at radius 1 is 1.11 bits per heavy atom. The van der Waals surface area contributed by atoms with Crippen molar-refractivity contribution >= 4 is 0 Å². The fourth-order valence-corrected chi connectivity index (χ4v) is 3.71. The summed E-state index contributed by atoms with van der Waals surface area (Å²) >= 11 is 0. The molecule has 0 aliphatic heterocycles. The Labute approximate surface area is 207 Å². The fraction of sp³-hybridized carbons (Fsp3) is 0.370. The van der Waals surface area contributed by atoms with E-state index >= 15 is 0 Å². The van der Waals surface area contributed by atoms with E-state index < -0.39 is 6.10 Å². The summed E-state index contributed by atoms with van der Waals surface area (Å²) in [6.07, 6.45) is 4.53. The van der Waals surface area contributed by atoms with Crippen LogP contribution in [0.3, 0.4) is 0 Å². The quantitative estimate of drug-likeness (QED) is 0.281. The number of aromatic nitrogens is 2. The predicted molar refractivity (Wildman–Crippen MR) is 135 cm³/mol. The molecule has 0 fully saturated rings. The number of ether oxygens (including phenoxy) is 4. The molecule has 0 radical (unpaired) electrons. The average Bonchev–Trinajstić information content (AvgIpc) is 3.18.